The molecule has 2 atom stereocenters. The van der Waals surface area contributed by atoms with Crippen molar-refractivity contribution in [3.63, 3.8) is 0 Å². The van der Waals surface area contributed by atoms with Crippen LogP contribution in [0.25, 0.3) is 0 Å². The van der Waals surface area contributed by atoms with Gasteiger partial charge < -0.3 is 5.32 Å². The Labute approximate surface area is 109 Å². The second-order valence-corrected chi connectivity index (χ2v) is 5.29. The molecule has 1 aliphatic rings. The summed E-state index contributed by atoms with van der Waals surface area (Å²) in [7, 11) is 0. The normalized spacial score (nSPS) is 25.2. The topological polar surface area (TPSA) is 12.0 Å². The van der Waals surface area contributed by atoms with Gasteiger partial charge in [-0.2, -0.15) is 13.2 Å². The molecule has 0 aromatic heterocycles. The first-order chi connectivity index (χ1) is 8.38. The summed E-state index contributed by atoms with van der Waals surface area (Å²) < 4.78 is 37.7. The van der Waals surface area contributed by atoms with Crippen LogP contribution in [0.3, 0.4) is 0 Å². The van der Waals surface area contributed by atoms with Gasteiger partial charge in [0, 0.05) is 6.04 Å². The molecular formula is C13H15ClF3N. The average molecular weight is 278 g/mol. The summed E-state index contributed by atoms with van der Waals surface area (Å²) in [6.07, 6.45) is -2.37. The fourth-order valence-electron chi connectivity index (χ4n) is 2.26. The van der Waals surface area contributed by atoms with E-state index in [-0.39, 0.29) is 11.1 Å². The maximum atomic E-state index is 12.6. The third kappa shape index (κ3) is 2.98. The molecule has 0 saturated carbocycles. The van der Waals surface area contributed by atoms with Crippen LogP contribution in [-0.4, -0.2) is 6.54 Å². The molecule has 1 saturated heterocycles. The summed E-state index contributed by atoms with van der Waals surface area (Å²) in [5, 5.41) is 3.11. The van der Waals surface area contributed by atoms with Gasteiger partial charge in [0.2, 0.25) is 0 Å². The van der Waals surface area contributed by atoms with E-state index < -0.39 is 11.7 Å². The molecule has 1 fully saturated rings. The van der Waals surface area contributed by atoms with Crippen molar-refractivity contribution in [1.82, 2.24) is 5.32 Å². The number of benzene rings is 1. The Balaban J connectivity index is 2.19. The van der Waals surface area contributed by atoms with Gasteiger partial charge in [-0.05, 0) is 43.0 Å². The summed E-state index contributed by atoms with van der Waals surface area (Å²) in [5.41, 5.74) is 0.0667. The van der Waals surface area contributed by atoms with Crippen molar-refractivity contribution in [2.45, 2.75) is 32.0 Å². The highest BCUT2D eigenvalue weighted by molar-refractivity contribution is 6.31. The molecule has 1 aromatic carbocycles. The minimum atomic E-state index is -4.38. The van der Waals surface area contributed by atoms with Crippen LogP contribution in [0.15, 0.2) is 18.2 Å². The Bertz CT molecular complexity index is 423. The van der Waals surface area contributed by atoms with Crippen molar-refractivity contribution in [3.05, 3.63) is 34.3 Å². The van der Waals surface area contributed by atoms with Crippen molar-refractivity contribution < 1.29 is 13.2 Å². The number of hydrogen-bond acceptors (Lipinski definition) is 1. The SMILES string of the molecule is C[C@H]1CC[C@H](c2ccc(C(F)(F)F)c(Cl)c2)NC1. The lowest BCUT2D eigenvalue weighted by Crippen LogP contribution is -2.31. The first-order valence-electron chi connectivity index (χ1n) is 5.98. The van der Waals surface area contributed by atoms with Gasteiger partial charge in [-0.25, -0.2) is 0 Å². The molecule has 1 nitrogen and oxygen atoms in total. The third-order valence-corrected chi connectivity index (χ3v) is 3.67. The van der Waals surface area contributed by atoms with Crippen molar-refractivity contribution in [2.24, 2.45) is 5.92 Å². The van der Waals surface area contributed by atoms with Crippen LogP contribution >= 0.6 is 11.6 Å². The van der Waals surface area contributed by atoms with Crippen LogP contribution in [0.5, 0.6) is 0 Å². The number of rotatable bonds is 1. The molecule has 0 bridgehead atoms. The lowest BCUT2D eigenvalue weighted by Gasteiger charge is -2.28. The Morgan fingerprint density at radius 1 is 1.28 bits per heavy atom. The van der Waals surface area contributed by atoms with Gasteiger partial charge in [0.05, 0.1) is 10.6 Å². The number of alkyl halides is 3. The maximum absolute atomic E-state index is 12.6. The van der Waals surface area contributed by atoms with Crippen molar-refractivity contribution in [2.75, 3.05) is 6.54 Å². The second-order valence-electron chi connectivity index (χ2n) is 4.88. The van der Waals surface area contributed by atoms with E-state index in [1.165, 1.54) is 12.1 Å². The number of hydrogen-bond donors (Lipinski definition) is 1. The van der Waals surface area contributed by atoms with Gasteiger partial charge in [0.25, 0.3) is 0 Å². The van der Waals surface area contributed by atoms with Crippen molar-refractivity contribution in [3.8, 4) is 0 Å². The zero-order valence-corrected chi connectivity index (χ0v) is 10.8. The molecule has 1 aromatic rings. The lowest BCUT2D eigenvalue weighted by atomic mass is 9.92. The van der Waals surface area contributed by atoms with Gasteiger partial charge in [0.15, 0.2) is 0 Å². The third-order valence-electron chi connectivity index (χ3n) is 3.36. The van der Waals surface area contributed by atoms with Gasteiger partial charge in [-0.1, -0.05) is 24.6 Å². The van der Waals surface area contributed by atoms with E-state index in [1.54, 1.807) is 0 Å². The fraction of sp³-hybridized carbons (Fsp3) is 0.538. The molecule has 1 N–H and O–H groups in total. The first kappa shape index (κ1) is 13.7. The van der Waals surface area contributed by atoms with E-state index in [0.717, 1.165) is 31.0 Å². The maximum Gasteiger partial charge on any atom is 0.417 e. The first-order valence-corrected chi connectivity index (χ1v) is 6.35. The van der Waals surface area contributed by atoms with Crippen LogP contribution < -0.4 is 5.32 Å². The molecule has 0 unspecified atom stereocenters. The van der Waals surface area contributed by atoms with Crippen molar-refractivity contribution in [1.29, 1.82) is 0 Å². The Morgan fingerprint density at radius 2 is 2.00 bits per heavy atom. The molecule has 0 aliphatic carbocycles. The van der Waals surface area contributed by atoms with Gasteiger partial charge in [0.1, 0.15) is 0 Å². The van der Waals surface area contributed by atoms with Crippen LogP contribution in [0, 0.1) is 5.92 Å². The molecule has 1 heterocycles. The van der Waals surface area contributed by atoms with Gasteiger partial charge in [-0.3, -0.25) is 0 Å². The van der Waals surface area contributed by atoms with Crippen LogP contribution in [0.2, 0.25) is 5.02 Å². The Morgan fingerprint density at radius 3 is 2.50 bits per heavy atom. The second kappa shape index (κ2) is 5.10. The number of nitrogens with one attached hydrogen (secondary N) is 1. The zero-order chi connectivity index (χ0) is 13.3. The summed E-state index contributed by atoms with van der Waals surface area (Å²) in [5.74, 6) is 0.617. The monoisotopic (exact) mass is 277 g/mol. The summed E-state index contributed by atoms with van der Waals surface area (Å²) in [6.45, 7) is 3.05. The minimum absolute atomic E-state index is 0.112. The van der Waals surface area contributed by atoms with Crippen LogP contribution in [0.4, 0.5) is 13.2 Å². The molecular weight excluding hydrogens is 263 g/mol. The molecule has 5 heteroatoms. The van der Waals surface area contributed by atoms with E-state index in [0.29, 0.717) is 5.92 Å². The zero-order valence-electron chi connectivity index (χ0n) is 10.0. The van der Waals surface area contributed by atoms with E-state index >= 15 is 0 Å². The molecule has 18 heavy (non-hydrogen) atoms. The minimum Gasteiger partial charge on any atom is -0.310 e. The average Bonchev–Trinajstić information content (AvgIpc) is 2.28. The van der Waals surface area contributed by atoms with Gasteiger partial charge >= 0.3 is 6.18 Å². The van der Waals surface area contributed by atoms with Gasteiger partial charge in [-0.15, -0.1) is 0 Å². The quantitative estimate of drug-likeness (QED) is 0.801. The molecule has 0 spiro atoms. The lowest BCUT2D eigenvalue weighted by molar-refractivity contribution is -0.137. The van der Waals surface area contributed by atoms with Crippen LogP contribution in [0.1, 0.15) is 36.9 Å². The van der Waals surface area contributed by atoms with Crippen LogP contribution in [-0.2, 0) is 6.18 Å². The van der Waals surface area contributed by atoms with E-state index in [4.69, 9.17) is 11.6 Å². The molecule has 0 amide bonds. The molecule has 100 valence electrons. The highest BCUT2D eigenvalue weighted by Crippen LogP contribution is 2.36. The molecule has 2 rings (SSSR count). The summed E-state index contributed by atoms with van der Waals surface area (Å²) in [4.78, 5) is 0. The molecule has 1 aliphatic heterocycles. The fourth-order valence-corrected chi connectivity index (χ4v) is 2.56. The summed E-state index contributed by atoms with van der Waals surface area (Å²) >= 11 is 5.71. The highest BCUT2D eigenvalue weighted by Gasteiger charge is 2.33. The van der Waals surface area contributed by atoms with E-state index in [2.05, 4.69) is 12.2 Å². The van der Waals surface area contributed by atoms with E-state index in [1.807, 2.05) is 0 Å². The largest absolute Gasteiger partial charge is 0.417 e. The Kier molecular flexibility index (Phi) is 3.87. The van der Waals surface area contributed by atoms with E-state index in [9.17, 15) is 13.2 Å². The Hall–Kier alpha value is -0.740. The summed E-state index contributed by atoms with van der Waals surface area (Å²) in [6, 6.07) is 4.12. The smallest absolute Gasteiger partial charge is 0.310 e. The number of piperidine rings is 1. The standard InChI is InChI=1S/C13H15ClF3N/c1-8-2-5-12(18-7-8)9-3-4-10(11(14)6-9)13(15,16)17/h3-4,6,8,12,18H,2,5,7H2,1H3/t8-,12+/m0/s1. The molecule has 0 radical (unpaired) electrons. The van der Waals surface area contributed by atoms with Crippen molar-refractivity contribution >= 4 is 11.6 Å². The highest BCUT2D eigenvalue weighted by atomic mass is 35.5. The number of halogens is 4. The predicted molar refractivity (Wildman–Crippen MR) is 65.6 cm³/mol. The predicted octanol–water partition coefficient (Wildman–Crippen LogP) is 4.42.